The summed E-state index contributed by atoms with van der Waals surface area (Å²) in [5, 5.41) is 12.2. The van der Waals surface area contributed by atoms with Crippen molar-refractivity contribution in [2.45, 2.75) is 20.5 Å². The molecule has 6 heteroatoms. The van der Waals surface area contributed by atoms with Crippen molar-refractivity contribution in [3.8, 4) is 5.88 Å². The van der Waals surface area contributed by atoms with Gasteiger partial charge in [0, 0.05) is 11.9 Å². The van der Waals surface area contributed by atoms with E-state index in [1.807, 2.05) is 19.9 Å². The van der Waals surface area contributed by atoms with Gasteiger partial charge in [0.25, 0.3) is 5.91 Å². The average molecular weight is 321 g/mol. The van der Waals surface area contributed by atoms with Crippen LogP contribution in [0.25, 0.3) is 0 Å². The van der Waals surface area contributed by atoms with Crippen molar-refractivity contribution in [2.24, 2.45) is 0 Å². The Bertz CT molecular complexity index is 689. The number of aromatic nitrogens is 1. The third-order valence-corrected chi connectivity index (χ3v) is 3.35. The number of aliphatic hydroxyl groups excluding tert-OH is 1. The number of nitrogens with one attached hydrogen (secondary N) is 1. The van der Waals surface area contributed by atoms with Gasteiger partial charge in [-0.25, -0.2) is 4.98 Å². The lowest BCUT2D eigenvalue weighted by atomic mass is 10.1. The number of nitrogens with zero attached hydrogens (tertiary/aromatic N) is 1. The summed E-state index contributed by atoms with van der Waals surface area (Å²) in [6, 6.07) is 6.89. The normalized spacial score (nSPS) is 10.4. The third kappa shape index (κ3) is 3.75. The van der Waals surface area contributed by atoms with Gasteiger partial charge in [0.05, 0.1) is 18.8 Å². The van der Waals surface area contributed by atoms with Gasteiger partial charge in [-0.1, -0.05) is 23.7 Å². The summed E-state index contributed by atoms with van der Waals surface area (Å²) >= 11 is 6.03. The summed E-state index contributed by atoms with van der Waals surface area (Å²) in [4.78, 5) is 16.3. The van der Waals surface area contributed by atoms with E-state index in [4.69, 9.17) is 21.4 Å². The molecule has 2 rings (SSSR count). The topological polar surface area (TPSA) is 71.5 Å². The quantitative estimate of drug-likeness (QED) is 0.887. The van der Waals surface area contributed by atoms with Crippen LogP contribution in [0.4, 0.5) is 5.69 Å². The van der Waals surface area contributed by atoms with Crippen molar-refractivity contribution >= 4 is 23.2 Å². The first-order valence-corrected chi connectivity index (χ1v) is 7.23. The Kier molecular flexibility index (Phi) is 5.35. The minimum atomic E-state index is -0.323. The molecule has 0 saturated heterocycles. The number of carbonyl (C=O) groups is 1. The molecule has 5 nitrogen and oxygen atoms in total. The van der Waals surface area contributed by atoms with E-state index in [0.29, 0.717) is 23.7 Å². The van der Waals surface area contributed by atoms with Gasteiger partial charge in [0.2, 0.25) is 5.88 Å². The fourth-order valence-electron chi connectivity index (χ4n) is 1.89. The molecule has 1 aromatic carbocycles. The second kappa shape index (κ2) is 7.24. The fourth-order valence-corrected chi connectivity index (χ4v) is 2.11. The highest BCUT2D eigenvalue weighted by Gasteiger charge is 2.12. The van der Waals surface area contributed by atoms with Gasteiger partial charge in [-0.3, -0.25) is 4.79 Å². The molecular weight excluding hydrogens is 304 g/mol. The number of carbonyl (C=O) groups excluding carboxylic acids is 1. The van der Waals surface area contributed by atoms with Crippen LogP contribution in [-0.2, 0) is 6.61 Å². The third-order valence-electron chi connectivity index (χ3n) is 3.08. The van der Waals surface area contributed by atoms with Crippen molar-refractivity contribution in [3.05, 3.63) is 52.2 Å². The van der Waals surface area contributed by atoms with Gasteiger partial charge < -0.3 is 15.2 Å². The monoisotopic (exact) mass is 320 g/mol. The number of anilines is 1. The molecule has 0 unspecified atom stereocenters. The maximum absolute atomic E-state index is 12.3. The van der Waals surface area contributed by atoms with Crippen molar-refractivity contribution in [2.75, 3.05) is 11.9 Å². The van der Waals surface area contributed by atoms with E-state index >= 15 is 0 Å². The lowest BCUT2D eigenvalue weighted by molar-refractivity contribution is 0.102. The number of ether oxygens (including phenoxy) is 1. The second-order valence-corrected chi connectivity index (χ2v) is 5.11. The Hall–Kier alpha value is -2.11. The SMILES string of the molecule is CCOc1ncc(C(=O)Nc2cc(CO)ccc2C)cc1Cl. The molecule has 0 aliphatic carbocycles. The largest absolute Gasteiger partial charge is 0.477 e. The van der Waals surface area contributed by atoms with Crippen molar-refractivity contribution < 1.29 is 14.6 Å². The Labute approximate surface area is 133 Å². The molecule has 0 atom stereocenters. The number of aryl methyl sites for hydroxylation is 1. The molecule has 0 fully saturated rings. The molecule has 0 aliphatic rings. The zero-order chi connectivity index (χ0) is 16.1. The molecule has 0 radical (unpaired) electrons. The standard InChI is InChI=1S/C16H17ClN2O3/c1-3-22-16-13(17)7-12(8-18-16)15(21)19-14-6-11(9-20)5-4-10(14)2/h4-8,20H,3,9H2,1-2H3,(H,19,21). The Balaban J connectivity index is 2.20. The van der Waals surface area contributed by atoms with Crippen LogP contribution >= 0.6 is 11.6 Å². The molecule has 2 aromatic rings. The number of halogens is 1. The van der Waals surface area contributed by atoms with Gasteiger partial charge >= 0.3 is 0 Å². The van der Waals surface area contributed by atoms with E-state index in [2.05, 4.69) is 10.3 Å². The highest BCUT2D eigenvalue weighted by molar-refractivity contribution is 6.32. The Morgan fingerprint density at radius 3 is 2.82 bits per heavy atom. The van der Waals surface area contributed by atoms with Crippen LogP contribution in [0.5, 0.6) is 5.88 Å². The predicted octanol–water partition coefficient (Wildman–Crippen LogP) is 3.19. The molecular formula is C16H17ClN2O3. The molecule has 0 aliphatic heterocycles. The van der Waals surface area contributed by atoms with Crippen LogP contribution in [0.2, 0.25) is 5.02 Å². The Morgan fingerprint density at radius 1 is 1.41 bits per heavy atom. The first-order valence-electron chi connectivity index (χ1n) is 6.85. The van der Waals surface area contributed by atoms with Crippen LogP contribution in [0.1, 0.15) is 28.4 Å². The van der Waals surface area contributed by atoms with Crippen molar-refractivity contribution in [3.63, 3.8) is 0 Å². The predicted molar refractivity (Wildman–Crippen MR) is 85.5 cm³/mol. The number of aliphatic hydroxyl groups is 1. The van der Waals surface area contributed by atoms with Crippen LogP contribution in [0, 0.1) is 6.92 Å². The number of hydrogen-bond acceptors (Lipinski definition) is 4. The molecule has 0 spiro atoms. The van der Waals surface area contributed by atoms with Gasteiger partial charge in [0.1, 0.15) is 5.02 Å². The van der Waals surface area contributed by atoms with Gasteiger partial charge in [-0.2, -0.15) is 0 Å². The number of benzene rings is 1. The van der Waals surface area contributed by atoms with Gasteiger partial charge in [-0.15, -0.1) is 0 Å². The molecule has 1 amide bonds. The summed E-state index contributed by atoms with van der Waals surface area (Å²) in [6.07, 6.45) is 1.41. The average Bonchev–Trinajstić information content (AvgIpc) is 2.51. The molecule has 116 valence electrons. The highest BCUT2D eigenvalue weighted by atomic mass is 35.5. The van der Waals surface area contributed by atoms with E-state index in [1.165, 1.54) is 12.3 Å². The number of pyridine rings is 1. The molecule has 0 bridgehead atoms. The number of rotatable bonds is 5. The smallest absolute Gasteiger partial charge is 0.257 e. The van der Waals surface area contributed by atoms with E-state index in [0.717, 1.165) is 11.1 Å². The summed E-state index contributed by atoms with van der Waals surface area (Å²) < 4.78 is 5.24. The number of amides is 1. The van der Waals surface area contributed by atoms with Crippen molar-refractivity contribution in [1.29, 1.82) is 0 Å². The molecule has 22 heavy (non-hydrogen) atoms. The molecule has 0 saturated carbocycles. The van der Waals surface area contributed by atoms with E-state index in [1.54, 1.807) is 12.1 Å². The van der Waals surface area contributed by atoms with Crippen LogP contribution in [0.15, 0.2) is 30.5 Å². The number of hydrogen-bond donors (Lipinski definition) is 2. The lowest BCUT2D eigenvalue weighted by Crippen LogP contribution is -2.13. The molecule has 1 heterocycles. The van der Waals surface area contributed by atoms with E-state index < -0.39 is 0 Å². The van der Waals surface area contributed by atoms with Gasteiger partial charge in [-0.05, 0) is 37.1 Å². The van der Waals surface area contributed by atoms with Crippen LogP contribution < -0.4 is 10.1 Å². The highest BCUT2D eigenvalue weighted by Crippen LogP contribution is 2.23. The fraction of sp³-hybridized carbons (Fsp3) is 0.250. The minimum Gasteiger partial charge on any atom is -0.477 e. The maximum atomic E-state index is 12.3. The summed E-state index contributed by atoms with van der Waals surface area (Å²) in [5.74, 6) is -0.0187. The zero-order valence-corrected chi connectivity index (χ0v) is 13.1. The summed E-state index contributed by atoms with van der Waals surface area (Å²) in [6.45, 7) is 4.07. The first kappa shape index (κ1) is 16.3. The summed E-state index contributed by atoms with van der Waals surface area (Å²) in [5.41, 5.74) is 2.60. The minimum absolute atomic E-state index is 0.0837. The van der Waals surface area contributed by atoms with E-state index in [9.17, 15) is 4.79 Å². The first-order chi connectivity index (χ1) is 10.5. The maximum Gasteiger partial charge on any atom is 0.257 e. The molecule has 2 N–H and O–H groups in total. The lowest BCUT2D eigenvalue weighted by Gasteiger charge is -2.11. The van der Waals surface area contributed by atoms with Crippen molar-refractivity contribution in [1.82, 2.24) is 4.98 Å². The van der Waals surface area contributed by atoms with Gasteiger partial charge in [0.15, 0.2) is 0 Å². The molecule has 1 aromatic heterocycles. The summed E-state index contributed by atoms with van der Waals surface area (Å²) in [7, 11) is 0. The zero-order valence-electron chi connectivity index (χ0n) is 12.4. The van der Waals surface area contributed by atoms with E-state index in [-0.39, 0.29) is 17.5 Å². The Morgan fingerprint density at radius 2 is 2.18 bits per heavy atom. The van der Waals surface area contributed by atoms with Crippen LogP contribution in [0.3, 0.4) is 0 Å². The van der Waals surface area contributed by atoms with Crippen LogP contribution in [-0.4, -0.2) is 22.6 Å². The second-order valence-electron chi connectivity index (χ2n) is 4.71.